The Labute approximate surface area is 98.7 Å². The molecule has 0 bridgehead atoms. The highest BCUT2D eigenvalue weighted by molar-refractivity contribution is 7.88. The molecule has 0 amide bonds. The number of hydrogen-bond donors (Lipinski definition) is 0. The molecule has 0 N–H and O–H groups in total. The summed E-state index contributed by atoms with van der Waals surface area (Å²) in [6.07, 6.45) is 3.21. The van der Waals surface area contributed by atoms with Gasteiger partial charge >= 0.3 is 0 Å². The second-order valence-corrected chi connectivity index (χ2v) is 5.69. The van der Waals surface area contributed by atoms with E-state index in [4.69, 9.17) is 4.42 Å². The molecule has 2 aromatic heterocycles. The molecule has 0 radical (unpaired) electrons. The molecule has 0 aliphatic carbocycles. The summed E-state index contributed by atoms with van der Waals surface area (Å²) in [5.74, 6) is 0.510. The summed E-state index contributed by atoms with van der Waals surface area (Å²) in [5, 5.41) is 7.34. The zero-order valence-electron chi connectivity index (χ0n) is 9.44. The van der Waals surface area contributed by atoms with Crippen LogP contribution in [0.5, 0.6) is 0 Å². The molecule has 7 nitrogen and oxygen atoms in total. The van der Waals surface area contributed by atoms with Crippen molar-refractivity contribution < 1.29 is 12.8 Å². The van der Waals surface area contributed by atoms with Gasteiger partial charge in [-0.25, -0.2) is 17.4 Å². The van der Waals surface area contributed by atoms with Crippen LogP contribution >= 0.6 is 0 Å². The van der Waals surface area contributed by atoms with Crippen molar-refractivity contribution in [1.29, 1.82) is 0 Å². The number of sulfonamides is 1. The number of hydrogen-bond acceptors (Lipinski definition) is 5. The molecule has 0 unspecified atom stereocenters. The number of furan rings is 1. The molecule has 2 aromatic rings. The van der Waals surface area contributed by atoms with Crippen molar-refractivity contribution in [3.63, 3.8) is 0 Å². The van der Waals surface area contributed by atoms with Gasteiger partial charge in [0.15, 0.2) is 0 Å². The first-order valence-electron chi connectivity index (χ1n) is 4.85. The maximum absolute atomic E-state index is 11.7. The van der Waals surface area contributed by atoms with Crippen LogP contribution in [0.15, 0.2) is 34.0 Å². The molecule has 0 aliphatic heterocycles. The van der Waals surface area contributed by atoms with E-state index < -0.39 is 10.0 Å². The van der Waals surface area contributed by atoms with Crippen LogP contribution in [0.25, 0.3) is 0 Å². The zero-order valence-corrected chi connectivity index (χ0v) is 10.3. The standard InChI is InChI=1S/C9H12N4O3S/c1-12(2)17(14,15)9-4-3-8(16-9)7-13-6-5-10-11-13/h3-6H,7H2,1-2H3. The predicted molar refractivity (Wildman–Crippen MR) is 58.7 cm³/mol. The monoisotopic (exact) mass is 256 g/mol. The lowest BCUT2D eigenvalue weighted by Gasteiger charge is -2.07. The quantitative estimate of drug-likeness (QED) is 0.779. The number of aromatic nitrogens is 3. The molecule has 2 heterocycles. The van der Waals surface area contributed by atoms with Gasteiger partial charge in [-0.1, -0.05) is 5.21 Å². The van der Waals surface area contributed by atoms with Gasteiger partial charge in [0.2, 0.25) is 5.09 Å². The van der Waals surface area contributed by atoms with E-state index in [1.165, 1.54) is 20.2 Å². The van der Waals surface area contributed by atoms with Gasteiger partial charge in [-0.3, -0.25) is 0 Å². The predicted octanol–water partition coefficient (Wildman–Crippen LogP) is 0.170. The highest BCUT2D eigenvalue weighted by Crippen LogP contribution is 2.17. The summed E-state index contributed by atoms with van der Waals surface area (Å²) < 4.78 is 31.4. The molecular formula is C9H12N4O3S. The average molecular weight is 256 g/mol. The summed E-state index contributed by atoms with van der Waals surface area (Å²) in [5.41, 5.74) is 0. The van der Waals surface area contributed by atoms with Crippen LogP contribution in [0.1, 0.15) is 5.76 Å². The minimum atomic E-state index is -3.51. The van der Waals surface area contributed by atoms with Crippen molar-refractivity contribution in [1.82, 2.24) is 19.3 Å². The van der Waals surface area contributed by atoms with E-state index >= 15 is 0 Å². The third-order valence-electron chi connectivity index (χ3n) is 2.16. The Morgan fingerprint density at radius 3 is 2.76 bits per heavy atom. The summed E-state index contributed by atoms with van der Waals surface area (Å²) in [7, 11) is -0.607. The van der Waals surface area contributed by atoms with Gasteiger partial charge in [-0.2, -0.15) is 0 Å². The van der Waals surface area contributed by atoms with Gasteiger partial charge in [-0.15, -0.1) is 5.10 Å². The van der Waals surface area contributed by atoms with Crippen LogP contribution in [0.3, 0.4) is 0 Å². The van der Waals surface area contributed by atoms with E-state index in [1.807, 2.05) is 0 Å². The van der Waals surface area contributed by atoms with E-state index in [1.54, 1.807) is 23.1 Å². The number of nitrogens with zero attached hydrogens (tertiary/aromatic N) is 4. The van der Waals surface area contributed by atoms with Crippen LogP contribution < -0.4 is 0 Å². The van der Waals surface area contributed by atoms with Crippen molar-refractivity contribution in [2.45, 2.75) is 11.6 Å². The highest BCUT2D eigenvalue weighted by atomic mass is 32.2. The van der Waals surface area contributed by atoms with Crippen LogP contribution in [0.2, 0.25) is 0 Å². The van der Waals surface area contributed by atoms with Crippen molar-refractivity contribution >= 4 is 10.0 Å². The molecule has 0 aromatic carbocycles. The molecule has 0 fully saturated rings. The Kier molecular flexibility index (Phi) is 2.99. The number of rotatable bonds is 4. The van der Waals surface area contributed by atoms with E-state index in [-0.39, 0.29) is 5.09 Å². The van der Waals surface area contributed by atoms with E-state index in [9.17, 15) is 8.42 Å². The highest BCUT2D eigenvalue weighted by Gasteiger charge is 2.21. The molecule has 92 valence electrons. The van der Waals surface area contributed by atoms with Crippen molar-refractivity contribution in [3.05, 3.63) is 30.3 Å². The van der Waals surface area contributed by atoms with E-state index in [0.717, 1.165) is 4.31 Å². The maximum Gasteiger partial charge on any atom is 0.275 e. The third kappa shape index (κ3) is 2.37. The molecule has 0 spiro atoms. The Morgan fingerprint density at radius 2 is 2.18 bits per heavy atom. The Hall–Kier alpha value is -1.67. The first kappa shape index (κ1) is 11.8. The van der Waals surface area contributed by atoms with Crippen LogP contribution in [-0.2, 0) is 16.6 Å². The fourth-order valence-electron chi connectivity index (χ4n) is 1.24. The lowest BCUT2D eigenvalue weighted by Crippen LogP contribution is -2.21. The first-order chi connectivity index (χ1) is 8.00. The summed E-state index contributed by atoms with van der Waals surface area (Å²) in [4.78, 5) is 0. The van der Waals surface area contributed by atoms with Gasteiger partial charge < -0.3 is 4.42 Å². The molecule has 8 heteroatoms. The minimum absolute atomic E-state index is 0.0717. The van der Waals surface area contributed by atoms with Crippen molar-refractivity contribution in [3.8, 4) is 0 Å². The summed E-state index contributed by atoms with van der Waals surface area (Å²) in [6.45, 7) is 0.350. The molecule has 0 saturated carbocycles. The van der Waals surface area contributed by atoms with Crippen LogP contribution in [0.4, 0.5) is 0 Å². The topological polar surface area (TPSA) is 81.2 Å². The Bertz CT molecular complexity index is 586. The molecule has 0 atom stereocenters. The first-order valence-corrected chi connectivity index (χ1v) is 6.29. The van der Waals surface area contributed by atoms with Gasteiger partial charge in [0.05, 0.1) is 6.20 Å². The smallest absolute Gasteiger partial charge is 0.275 e. The fourth-order valence-corrected chi connectivity index (χ4v) is 2.05. The molecular weight excluding hydrogens is 244 g/mol. The van der Waals surface area contributed by atoms with Gasteiger partial charge in [-0.05, 0) is 12.1 Å². The Balaban J connectivity index is 2.22. The molecule has 2 rings (SSSR count). The van der Waals surface area contributed by atoms with Crippen molar-refractivity contribution in [2.24, 2.45) is 0 Å². The second-order valence-electron chi connectivity index (χ2n) is 3.61. The van der Waals surface area contributed by atoms with Gasteiger partial charge in [0.1, 0.15) is 12.3 Å². The summed E-state index contributed by atoms with van der Waals surface area (Å²) in [6, 6.07) is 3.04. The minimum Gasteiger partial charge on any atom is -0.446 e. The van der Waals surface area contributed by atoms with Crippen LogP contribution in [-0.4, -0.2) is 41.8 Å². The van der Waals surface area contributed by atoms with Gasteiger partial charge in [0.25, 0.3) is 10.0 Å². The van der Waals surface area contributed by atoms with E-state index in [2.05, 4.69) is 10.3 Å². The normalized spacial score (nSPS) is 12.2. The van der Waals surface area contributed by atoms with Gasteiger partial charge in [0, 0.05) is 20.3 Å². The largest absolute Gasteiger partial charge is 0.446 e. The molecule has 0 aliphatic rings. The molecule has 0 saturated heterocycles. The van der Waals surface area contributed by atoms with E-state index in [0.29, 0.717) is 12.3 Å². The maximum atomic E-state index is 11.7. The molecule has 17 heavy (non-hydrogen) atoms. The average Bonchev–Trinajstić information content (AvgIpc) is 2.89. The third-order valence-corrected chi connectivity index (χ3v) is 3.85. The fraction of sp³-hybridized carbons (Fsp3) is 0.333. The SMILES string of the molecule is CN(C)S(=O)(=O)c1ccc(Cn2ccnn2)o1. The second kappa shape index (κ2) is 4.30. The Morgan fingerprint density at radius 1 is 1.41 bits per heavy atom. The van der Waals surface area contributed by atoms with Crippen molar-refractivity contribution in [2.75, 3.05) is 14.1 Å². The zero-order chi connectivity index (χ0) is 12.5. The summed E-state index contributed by atoms with van der Waals surface area (Å²) >= 11 is 0. The lowest BCUT2D eigenvalue weighted by atomic mass is 10.4. The lowest BCUT2D eigenvalue weighted by molar-refractivity contribution is 0.386. The van der Waals surface area contributed by atoms with Crippen LogP contribution in [0, 0.1) is 0 Å².